The third-order valence-corrected chi connectivity index (χ3v) is 6.33. The molecule has 0 saturated heterocycles. The van der Waals surface area contributed by atoms with Crippen LogP contribution >= 0.6 is 0 Å². The smallest absolute Gasteiger partial charge is 0.214 e. The normalized spacial score (nSPS) is 12.3. The van der Waals surface area contributed by atoms with Gasteiger partial charge in [-0.2, -0.15) is 0 Å². The first-order chi connectivity index (χ1) is 14.8. The van der Waals surface area contributed by atoms with Gasteiger partial charge in [-0.15, -0.1) is 0 Å². The van der Waals surface area contributed by atoms with Gasteiger partial charge in [-0.05, 0) is 35.7 Å². The molecule has 0 radical (unpaired) electrons. The molecule has 0 aliphatic rings. The predicted molar refractivity (Wildman–Crippen MR) is 121 cm³/mol. The van der Waals surface area contributed by atoms with Crippen LogP contribution < -0.4 is 9.47 Å². The van der Waals surface area contributed by atoms with E-state index in [2.05, 4.69) is 52.9 Å². The largest absolute Gasteiger partial charge is 0.497 e. The molecule has 0 aliphatic carbocycles. The standard InChI is InChI=1S/C26H17NO3/c1-28-15-9-7-14-8-10-16-17-11-12-21(29-2)23-22-18-5-3-4-6-20(18)30-26(22)27(25(17)23)24(16)19(14)13-15/h3-13H,1-2H3. The fourth-order valence-electron chi connectivity index (χ4n) is 5.05. The second-order valence-electron chi connectivity index (χ2n) is 7.70. The highest BCUT2D eigenvalue weighted by Crippen LogP contribution is 2.47. The molecule has 0 aliphatic heterocycles. The van der Waals surface area contributed by atoms with Gasteiger partial charge in [0.05, 0.1) is 36.0 Å². The van der Waals surface area contributed by atoms with Crippen LogP contribution in [0.5, 0.6) is 11.5 Å². The molecule has 0 atom stereocenters. The Bertz CT molecular complexity index is 1770. The number of rotatable bonds is 2. The van der Waals surface area contributed by atoms with E-state index in [4.69, 9.17) is 13.9 Å². The highest BCUT2D eigenvalue weighted by atomic mass is 16.5. The zero-order valence-corrected chi connectivity index (χ0v) is 16.5. The second kappa shape index (κ2) is 5.36. The summed E-state index contributed by atoms with van der Waals surface area (Å²) in [7, 11) is 3.43. The van der Waals surface area contributed by atoms with Crippen LogP contribution in [0.2, 0.25) is 0 Å². The van der Waals surface area contributed by atoms with E-state index in [0.29, 0.717) is 0 Å². The molecular formula is C26H17NO3. The van der Waals surface area contributed by atoms with Crippen molar-refractivity contribution in [3.8, 4) is 11.5 Å². The van der Waals surface area contributed by atoms with Crippen LogP contribution in [0.4, 0.5) is 0 Å². The molecule has 0 N–H and O–H groups in total. The van der Waals surface area contributed by atoms with E-state index in [1.165, 1.54) is 16.2 Å². The Balaban J connectivity index is 1.87. The Kier molecular flexibility index (Phi) is 2.85. The van der Waals surface area contributed by atoms with Crippen LogP contribution in [0, 0.1) is 0 Å². The SMILES string of the molecule is COc1ccc2ccc3c4ccc(OC)c5c6c7ccccc7oc6n(c3c2c1)c45. The van der Waals surface area contributed by atoms with Gasteiger partial charge in [-0.3, -0.25) is 4.40 Å². The number of furan rings is 1. The number of nitrogens with zero attached hydrogens (tertiary/aromatic N) is 1. The lowest BCUT2D eigenvalue weighted by molar-refractivity contribution is 0.415. The van der Waals surface area contributed by atoms with Crippen LogP contribution in [0.3, 0.4) is 0 Å². The van der Waals surface area contributed by atoms with Crippen molar-refractivity contribution in [3.63, 3.8) is 0 Å². The van der Waals surface area contributed by atoms with Gasteiger partial charge in [-0.1, -0.05) is 36.4 Å². The number of benzene rings is 4. The fourth-order valence-corrected chi connectivity index (χ4v) is 5.05. The van der Waals surface area contributed by atoms with E-state index in [-0.39, 0.29) is 0 Å². The molecular weight excluding hydrogens is 374 g/mol. The van der Waals surface area contributed by atoms with Crippen LogP contribution in [0.1, 0.15) is 0 Å². The number of aromatic nitrogens is 1. The minimum atomic E-state index is 0.841. The van der Waals surface area contributed by atoms with Crippen molar-refractivity contribution in [2.75, 3.05) is 14.2 Å². The van der Waals surface area contributed by atoms with Gasteiger partial charge < -0.3 is 13.9 Å². The summed E-state index contributed by atoms with van der Waals surface area (Å²) in [5.74, 6) is 1.70. The third-order valence-electron chi connectivity index (χ3n) is 6.33. The molecule has 0 saturated carbocycles. The maximum absolute atomic E-state index is 6.43. The molecule has 7 aromatic rings. The number of fused-ring (bicyclic) bond motifs is 10. The first kappa shape index (κ1) is 15.9. The Morgan fingerprint density at radius 2 is 1.50 bits per heavy atom. The van der Waals surface area contributed by atoms with Gasteiger partial charge in [-0.25, -0.2) is 0 Å². The molecule has 0 fully saturated rings. The quantitative estimate of drug-likeness (QED) is 0.327. The van der Waals surface area contributed by atoms with Crippen LogP contribution in [0.25, 0.3) is 60.0 Å². The zero-order valence-electron chi connectivity index (χ0n) is 16.5. The zero-order chi connectivity index (χ0) is 20.0. The number of para-hydroxylation sites is 1. The van der Waals surface area contributed by atoms with Gasteiger partial charge in [0.15, 0.2) is 0 Å². The highest BCUT2D eigenvalue weighted by Gasteiger charge is 2.25. The summed E-state index contributed by atoms with van der Waals surface area (Å²) in [6.07, 6.45) is 0. The summed E-state index contributed by atoms with van der Waals surface area (Å²) in [4.78, 5) is 0. The lowest BCUT2D eigenvalue weighted by atomic mass is 10.0. The molecule has 3 aromatic heterocycles. The molecule has 0 spiro atoms. The van der Waals surface area contributed by atoms with Crippen molar-refractivity contribution in [2.24, 2.45) is 0 Å². The highest BCUT2D eigenvalue weighted by molar-refractivity contribution is 6.31. The lowest BCUT2D eigenvalue weighted by Crippen LogP contribution is -1.85. The molecule has 0 amide bonds. The Morgan fingerprint density at radius 1 is 0.700 bits per heavy atom. The topological polar surface area (TPSA) is 36.0 Å². The Labute approximate surface area is 171 Å². The minimum absolute atomic E-state index is 0.841. The number of hydrogen-bond donors (Lipinski definition) is 0. The van der Waals surface area contributed by atoms with Crippen molar-refractivity contribution < 1.29 is 13.9 Å². The van der Waals surface area contributed by atoms with Crippen LogP contribution in [-0.2, 0) is 0 Å². The second-order valence-corrected chi connectivity index (χ2v) is 7.70. The van der Waals surface area contributed by atoms with Crippen molar-refractivity contribution in [3.05, 3.63) is 66.7 Å². The average molecular weight is 391 g/mol. The minimum Gasteiger partial charge on any atom is -0.497 e. The molecule has 144 valence electrons. The van der Waals surface area contributed by atoms with Crippen molar-refractivity contribution in [1.82, 2.24) is 4.40 Å². The average Bonchev–Trinajstić information content (AvgIpc) is 3.43. The van der Waals surface area contributed by atoms with Gasteiger partial charge >= 0.3 is 0 Å². The van der Waals surface area contributed by atoms with Crippen LogP contribution in [0.15, 0.2) is 71.1 Å². The maximum atomic E-state index is 6.43. The lowest BCUT2D eigenvalue weighted by Gasteiger charge is -2.05. The molecule has 0 unspecified atom stereocenters. The molecule has 30 heavy (non-hydrogen) atoms. The molecule has 7 rings (SSSR count). The van der Waals surface area contributed by atoms with Crippen molar-refractivity contribution >= 4 is 60.0 Å². The summed E-state index contributed by atoms with van der Waals surface area (Å²) >= 11 is 0. The number of hydrogen-bond acceptors (Lipinski definition) is 3. The summed E-state index contributed by atoms with van der Waals surface area (Å²) in [6.45, 7) is 0. The van der Waals surface area contributed by atoms with E-state index in [0.717, 1.165) is 55.4 Å². The summed E-state index contributed by atoms with van der Waals surface area (Å²) in [5, 5.41) is 8.00. The van der Waals surface area contributed by atoms with E-state index in [1.54, 1.807) is 14.2 Å². The van der Waals surface area contributed by atoms with Gasteiger partial charge in [0.25, 0.3) is 0 Å². The molecule has 0 bridgehead atoms. The molecule has 3 heterocycles. The summed E-state index contributed by atoms with van der Waals surface area (Å²) in [6, 6.07) is 23.0. The van der Waals surface area contributed by atoms with Gasteiger partial charge in [0, 0.05) is 21.5 Å². The van der Waals surface area contributed by atoms with E-state index in [9.17, 15) is 0 Å². The van der Waals surface area contributed by atoms with Gasteiger partial charge in [0.1, 0.15) is 17.1 Å². The number of ether oxygens (including phenoxy) is 2. The predicted octanol–water partition coefficient (Wildman–Crippen LogP) is 6.75. The molecule has 4 heteroatoms. The molecule has 4 nitrogen and oxygen atoms in total. The molecule has 4 aromatic carbocycles. The Hall–Kier alpha value is -3.92. The maximum Gasteiger partial charge on any atom is 0.214 e. The fraction of sp³-hybridized carbons (Fsp3) is 0.0769. The summed E-state index contributed by atoms with van der Waals surface area (Å²) < 4.78 is 20.0. The third kappa shape index (κ3) is 1.73. The van der Waals surface area contributed by atoms with Crippen molar-refractivity contribution in [1.29, 1.82) is 0 Å². The van der Waals surface area contributed by atoms with E-state index >= 15 is 0 Å². The van der Waals surface area contributed by atoms with E-state index < -0.39 is 0 Å². The Morgan fingerprint density at radius 3 is 2.37 bits per heavy atom. The first-order valence-electron chi connectivity index (χ1n) is 9.94. The van der Waals surface area contributed by atoms with Crippen molar-refractivity contribution in [2.45, 2.75) is 0 Å². The van der Waals surface area contributed by atoms with Gasteiger partial charge in [0.2, 0.25) is 5.71 Å². The van der Waals surface area contributed by atoms with E-state index in [1.807, 2.05) is 18.2 Å². The number of methoxy groups -OCH3 is 2. The monoisotopic (exact) mass is 391 g/mol. The van der Waals surface area contributed by atoms with Crippen LogP contribution in [-0.4, -0.2) is 18.6 Å². The summed E-state index contributed by atoms with van der Waals surface area (Å²) in [5.41, 5.74) is 4.01. The first-order valence-corrected chi connectivity index (χ1v) is 9.94.